The Balaban J connectivity index is 3.07. The number of aryl methyl sites for hydroxylation is 1. The van der Waals surface area contributed by atoms with E-state index in [-0.39, 0.29) is 6.10 Å². The second-order valence-electron chi connectivity index (χ2n) is 3.83. The third-order valence-electron chi connectivity index (χ3n) is 2.48. The maximum absolute atomic E-state index is 5.93. The lowest BCUT2D eigenvalue weighted by molar-refractivity contribution is 0.0534. The van der Waals surface area contributed by atoms with Crippen LogP contribution in [0, 0.1) is 3.57 Å². The Bertz CT molecular complexity index is 371. The Morgan fingerprint density at radius 1 is 1.29 bits per heavy atom. The summed E-state index contributed by atoms with van der Waals surface area (Å²) in [6.45, 7) is 6.84. The van der Waals surface area contributed by atoms with Crippen molar-refractivity contribution in [2.75, 3.05) is 12.3 Å². The van der Waals surface area contributed by atoms with Gasteiger partial charge in [0, 0.05) is 6.61 Å². The monoisotopic (exact) mass is 349 g/mol. The van der Waals surface area contributed by atoms with Gasteiger partial charge in [-0.3, -0.25) is 0 Å². The molecule has 0 saturated heterocycles. The fourth-order valence-electron chi connectivity index (χ4n) is 1.66. The van der Waals surface area contributed by atoms with Crippen LogP contribution in [0.15, 0.2) is 0 Å². The van der Waals surface area contributed by atoms with E-state index in [2.05, 4.69) is 46.4 Å². The molecule has 1 heterocycles. The Morgan fingerprint density at radius 2 is 2.00 bits per heavy atom. The number of aromatic nitrogens is 2. The summed E-state index contributed by atoms with van der Waals surface area (Å²) in [7, 11) is 0. The van der Waals surface area contributed by atoms with Gasteiger partial charge in [-0.25, -0.2) is 9.97 Å². The van der Waals surface area contributed by atoms with E-state index >= 15 is 0 Å². The van der Waals surface area contributed by atoms with Crippen molar-refractivity contribution in [3.05, 3.63) is 15.1 Å². The lowest BCUT2D eigenvalue weighted by Crippen LogP contribution is -2.13. The molecule has 0 fully saturated rings. The number of halogens is 1. The largest absolute Gasteiger partial charge is 0.383 e. The molecular weight excluding hydrogens is 329 g/mol. The van der Waals surface area contributed by atoms with Gasteiger partial charge in [-0.15, -0.1) is 0 Å². The van der Waals surface area contributed by atoms with Gasteiger partial charge in [0.1, 0.15) is 11.9 Å². The molecule has 5 heteroatoms. The molecule has 2 N–H and O–H groups in total. The van der Waals surface area contributed by atoms with E-state index in [9.17, 15) is 0 Å². The summed E-state index contributed by atoms with van der Waals surface area (Å²) in [4.78, 5) is 8.93. The van der Waals surface area contributed by atoms with Gasteiger partial charge >= 0.3 is 0 Å². The van der Waals surface area contributed by atoms with E-state index in [4.69, 9.17) is 10.5 Å². The predicted molar refractivity (Wildman–Crippen MR) is 77.8 cm³/mol. The molecule has 0 aromatic carbocycles. The van der Waals surface area contributed by atoms with Crippen molar-refractivity contribution in [2.24, 2.45) is 0 Å². The zero-order valence-corrected chi connectivity index (χ0v) is 12.8. The van der Waals surface area contributed by atoms with E-state index in [1.54, 1.807) is 0 Å². The first-order chi connectivity index (χ1) is 8.13. The Hall–Kier alpha value is -0.430. The molecule has 0 aliphatic carbocycles. The molecule has 0 spiro atoms. The summed E-state index contributed by atoms with van der Waals surface area (Å²) in [5.74, 6) is 1.29. The van der Waals surface area contributed by atoms with Gasteiger partial charge in [-0.05, 0) is 42.4 Å². The molecule has 96 valence electrons. The van der Waals surface area contributed by atoms with Crippen molar-refractivity contribution >= 4 is 28.4 Å². The molecule has 0 radical (unpaired) electrons. The topological polar surface area (TPSA) is 61.0 Å². The lowest BCUT2D eigenvalue weighted by Gasteiger charge is -2.16. The fourth-order valence-corrected chi connectivity index (χ4v) is 2.17. The number of hydrogen-bond donors (Lipinski definition) is 1. The molecule has 0 aliphatic heterocycles. The molecule has 0 amide bonds. The summed E-state index contributed by atoms with van der Waals surface area (Å²) < 4.78 is 6.59. The standard InChI is InChI=1S/C12H20IN3O/c1-4-7-8-10(13)11(14)16-12(15-8)9(5-2)17-6-3/h9H,4-7H2,1-3H3,(H2,14,15,16). The Morgan fingerprint density at radius 3 is 2.53 bits per heavy atom. The zero-order chi connectivity index (χ0) is 12.8. The van der Waals surface area contributed by atoms with Gasteiger partial charge in [0.15, 0.2) is 5.82 Å². The highest BCUT2D eigenvalue weighted by Crippen LogP contribution is 2.23. The summed E-state index contributed by atoms with van der Waals surface area (Å²) in [6.07, 6.45) is 2.80. The van der Waals surface area contributed by atoms with E-state index < -0.39 is 0 Å². The van der Waals surface area contributed by atoms with Gasteiger partial charge in [0.2, 0.25) is 0 Å². The molecule has 1 aromatic heterocycles. The number of nitrogen functional groups attached to an aromatic ring is 1. The molecule has 0 aliphatic rings. The minimum Gasteiger partial charge on any atom is -0.383 e. The van der Waals surface area contributed by atoms with Crippen LogP contribution in [-0.4, -0.2) is 16.6 Å². The highest BCUT2D eigenvalue weighted by Gasteiger charge is 2.16. The maximum Gasteiger partial charge on any atom is 0.159 e. The first kappa shape index (κ1) is 14.6. The Kier molecular flexibility index (Phi) is 6.11. The smallest absolute Gasteiger partial charge is 0.159 e. The molecule has 4 nitrogen and oxygen atoms in total. The second-order valence-corrected chi connectivity index (χ2v) is 4.91. The average Bonchev–Trinajstić information content (AvgIpc) is 2.32. The molecule has 1 atom stereocenters. The lowest BCUT2D eigenvalue weighted by atomic mass is 10.2. The van der Waals surface area contributed by atoms with Crippen molar-refractivity contribution in [3.63, 3.8) is 0 Å². The molecular formula is C12H20IN3O. The normalized spacial score (nSPS) is 12.7. The van der Waals surface area contributed by atoms with Crippen LogP contribution < -0.4 is 5.73 Å². The molecule has 1 rings (SSSR count). The summed E-state index contributed by atoms with van der Waals surface area (Å²) in [5, 5.41) is 0. The van der Waals surface area contributed by atoms with E-state index in [0.29, 0.717) is 12.4 Å². The number of ether oxygens (including phenoxy) is 1. The van der Waals surface area contributed by atoms with Gasteiger partial charge in [-0.2, -0.15) is 0 Å². The van der Waals surface area contributed by atoms with Gasteiger partial charge in [0.25, 0.3) is 0 Å². The van der Waals surface area contributed by atoms with Crippen LogP contribution in [0.3, 0.4) is 0 Å². The van der Waals surface area contributed by atoms with E-state index in [1.807, 2.05) is 6.92 Å². The number of nitrogens with zero attached hydrogens (tertiary/aromatic N) is 2. The molecule has 0 saturated carbocycles. The van der Waals surface area contributed by atoms with E-state index in [0.717, 1.165) is 34.4 Å². The first-order valence-corrected chi connectivity index (χ1v) is 7.15. The van der Waals surface area contributed by atoms with Crippen LogP contribution in [0.4, 0.5) is 5.82 Å². The van der Waals surface area contributed by atoms with Crippen LogP contribution in [0.1, 0.15) is 51.2 Å². The quantitative estimate of drug-likeness (QED) is 0.802. The minimum absolute atomic E-state index is 0.0464. The van der Waals surface area contributed by atoms with Gasteiger partial charge in [-0.1, -0.05) is 20.3 Å². The van der Waals surface area contributed by atoms with Crippen LogP contribution in [0.2, 0.25) is 0 Å². The number of hydrogen-bond acceptors (Lipinski definition) is 4. The number of nitrogens with two attached hydrogens (primary N) is 1. The second kappa shape index (κ2) is 7.10. The average molecular weight is 349 g/mol. The van der Waals surface area contributed by atoms with Crippen LogP contribution in [0.5, 0.6) is 0 Å². The minimum atomic E-state index is -0.0464. The van der Waals surface area contributed by atoms with Crippen molar-refractivity contribution < 1.29 is 4.74 Å². The third kappa shape index (κ3) is 3.77. The summed E-state index contributed by atoms with van der Waals surface area (Å²) in [5.41, 5.74) is 6.96. The SMILES string of the molecule is CCCc1nc(C(CC)OCC)nc(N)c1I. The molecule has 1 unspecified atom stereocenters. The van der Waals surface area contributed by atoms with Crippen molar-refractivity contribution in [1.82, 2.24) is 9.97 Å². The van der Waals surface area contributed by atoms with Gasteiger partial charge < -0.3 is 10.5 Å². The third-order valence-corrected chi connectivity index (χ3v) is 3.65. The van der Waals surface area contributed by atoms with Crippen LogP contribution in [0.25, 0.3) is 0 Å². The van der Waals surface area contributed by atoms with Gasteiger partial charge in [0.05, 0.1) is 9.26 Å². The number of anilines is 1. The molecule has 17 heavy (non-hydrogen) atoms. The number of rotatable bonds is 6. The highest BCUT2D eigenvalue weighted by atomic mass is 127. The Labute approximate surface area is 117 Å². The van der Waals surface area contributed by atoms with Crippen molar-refractivity contribution in [1.29, 1.82) is 0 Å². The molecule has 0 bridgehead atoms. The summed E-state index contributed by atoms with van der Waals surface area (Å²) in [6, 6.07) is 0. The predicted octanol–water partition coefficient (Wildman–Crippen LogP) is 3.10. The maximum atomic E-state index is 5.93. The highest BCUT2D eigenvalue weighted by molar-refractivity contribution is 14.1. The zero-order valence-electron chi connectivity index (χ0n) is 10.7. The summed E-state index contributed by atoms with van der Waals surface area (Å²) >= 11 is 2.21. The molecule has 1 aromatic rings. The van der Waals surface area contributed by atoms with Crippen LogP contribution in [-0.2, 0) is 11.2 Å². The first-order valence-electron chi connectivity index (χ1n) is 6.07. The van der Waals surface area contributed by atoms with Crippen LogP contribution >= 0.6 is 22.6 Å². The van der Waals surface area contributed by atoms with Crippen molar-refractivity contribution in [2.45, 2.75) is 46.1 Å². The fraction of sp³-hybridized carbons (Fsp3) is 0.667. The van der Waals surface area contributed by atoms with E-state index in [1.165, 1.54) is 0 Å². The van der Waals surface area contributed by atoms with Crippen molar-refractivity contribution in [3.8, 4) is 0 Å².